The Kier molecular flexibility index (Phi) is 7.00. The topological polar surface area (TPSA) is 88.4 Å². The molecular formula is C10H12N3OP. The van der Waals surface area contributed by atoms with E-state index in [2.05, 4.69) is 0 Å². The average Bonchev–Trinajstić information content (AvgIpc) is 2.24. The first-order chi connectivity index (χ1) is 7.18. The maximum atomic E-state index is 12.1. The standard InChI is InChI=1S/C10H12N3OP/c11-5-1-2-8-15(14,9-3-6-12)10-4-7-13/h1-2H,3-4,8-10H2/b2-1+. The van der Waals surface area contributed by atoms with Crippen LogP contribution in [0.4, 0.5) is 0 Å². The summed E-state index contributed by atoms with van der Waals surface area (Å²) in [4.78, 5) is 0. The Morgan fingerprint density at radius 1 is 1.07 bits per heavy atom. The van der Waals surface area contributed by atoms with Crippen molar-refractivity contribution >= 4 is 7.14 Å². The van der Waals surface area contributed by atoms with Crippen LogP contribution < -0.4 is 0 Å². The zero-order chi connectivity index (χ0) is 11.6. The summed E-state index contributed by atoms with van der Waals surface area (Å²) in [5.74, 6) is 0. The van der Waals surface area contributed by atoms with Crippen LogP contribution in [0.15, 0.2) is 12.2 Å². The second kappa shape index (κ2) is 7.81. The summed E-state index contributed by atoms with van der Waals surface area (Å²) in [5, 5.41) is 25.1. The van der Waals surface area contributed by atoms with Gasteiger partial charge in [-0.25, -0.2) is 0 Å². The SMILES string of the molecule is N#C/C=C/CP(=O)(CCC#N)CCC#N. The van der Waals surface area contributed by atoms with Crippen LogP contribution in [-0.4, -0.2) is 18.5 Å². The van der Waals surface area contributed by atoms with Crippen molar-refractivity contribution in [1.82, 2.24) is 0 Å². The molecule has 0 amide bonds. The molecule has 0 atom stereocenters. The summed E-state index contributed by atoms with van der Waals surface area (Å²) in [6, 6.07) is 5.71. The van der Waals surface area contributed by atoms with Crippen molar-refractivity contribution in [1.29, 1.82) is 15.8 Å². The smallest absolute Gasteiger partial charge is 0.0933 e. The molecule has 0 aromatic heterocycles. The van der Waals surface area contributed by atoms with E-state index in [0.717, 1.165) is 0 Å². The fourth-order valence-corrected chi connectivity index (χ4v) is 3.19. The lowest BCUT2D eigenvalue weighted by atomic mass is 10.5. The second-order valence-corrected chi connectivity index (χ2v) is 6.41. The van der Waals surface area contributed by atoms with Gasteiger partial charge in [-0.15, -0.1) is 0 Å². The second-order valence-electron chi connectivity index (χ2n) is 3.04. The molecule has 0 N–H and O–H groups in total. The molecule has 0 unspecified atom stereocenters. The summed E-state index contributed by atoms with van der Waals surface area (Å²) in [6.07, 6.45) is 4.29. The maximum Gasteiger partial charge on any atom is 0.0933 e. The van der Waals surface area contributed by atoms with Crippen LogP contribution >= 0.6 is 7.14 Å². The molecule has 0 bridgehead atoms. The highest BCUT2D eigenvalue weighted by molar-refractivity contribution is 7.64. The van der Waals surface area contributed by atoms with Crippen LogP contribution in [-0.2, 0) is 4.57 Å². The normalized spacial score (nSPS) is 10.5. The first kappa shape index (κ1) is 13.4. The van der Waals surface area contributed by atoms with Crippen molar-refractivity contribution in [3.05, 3.63) is 12.2 Å². The largest absolute Gasteiger partial charge is 0.323 e. The molecule has 0 aliphatic heterocycles. The van der Waals surface area contributed by atoms with Gasteiger partial charge in [-0.2, -0.15) is 15.8 Å². The fourth-order valence-electron chi connectivity index (χ4n) is 1.10. The lowest BCUT2D eigenvalue weighted by Crippen LogP contribution is -1.98. The summed E-state index contributed by atoms with van der Waals surface area (Å²) in [7, 11) is -2.47. The number of hydrogen-bond acceptors (Lipinski definition) is 4. The van der Waals surface area contributed by atoms with E-state index in [1.165, 1.54) is 6.08 Å². The first-order valence-corrected chi connectivity index (χ1v) is 6.80. The van der Waals surface area contributed by atoms with Crippen LogP contribution in [0.1, 0.15) is 12.8 Å². The van der Waals surface area contributed by atoms with Crippen molar-refractivity contribution in [3.63, 3.8) is 0 Å². The molecule has 0 saturated carbocycles. The summed E-state index contributed by atoms with van der Waals surface area (Å²) in [5.41, 5.74) is 0. The molecule has 0 aromatic carbocycles. The van der Waals surface area contributed by atoms with E-state index in [9.17, 15) is 4.57 Å². The zero-order valence-corrected chi connectivity index (χ0v) is 9.28. The number of rotatable bonds is 6. The molecule has 0 spiro atoms. The van der Waals surface area contributed by atoms with E-state index in [0.29, 0.717) is 18.5 Å². The number of nitrogens with zero attached hydrogens (tertiary/aromatic N) is 3. The molecule has 0 heterocycles. The van der Waals surface area contributed by atoms with E-state index in [1.807, 2.05) is 18.2 Å². The van der Waals surface area contributed by atoms with E-state index < -0.39 is 7.14 Å². The molecule has 0 radical (unpaired) electrons. The molecule has 0 rings (SSSR count). The van der Waals surface area contributed by atoms with Gasteiger partial charge in [0.1, 0.15) is 0 Å². The molecule has 0 aliphatic rings. The van der Waals surface area contributed by atoms with Crippen LogP contribution in [0, 0.1) is 34.0 Å². The van der Waals surface area contributed by atoms with E-state index in [4.69, 9.17) is 15.8 Å². The number of hydrogen-bond donors (Lipinski definition) is 0. The molecule has 0 saturated heterocycles. The summed E-state index contributed by atoms with van der Waals surface area (Å²) >= 11 is 0. The minimum atomic E-state index is -2.47. The van der Waals surface area contributed by atoms with Gasteiger partial charge in [0.15, 0.2) is 0 Å². The third kappa shape index (κ3) is 6.50. The minimum absolute atomic E-state index is 0.239. The van der Waals surface area contributed by atoms with Gasteiger partial charge in [0.05, 0.1) is 25.3 Å². The Balaban J connectivity index is 4.37. The predicted octanol–water partition coefficient (Wildman–Crippen LogP) is 2.26. The molecule has 5 heteroatoms. The van der Waals surface area contributed by atoms with E-state index in [-0.39, 0.29) is 12.8 Å². The molecule has 78 valence electrons. The van der Waals surface area contributed by atoms with Crippen LogP contribution in [0.3, 0.4) is 0 Å². The van der Waals surface area contributed by atoms with Gasteiger partial charge in [0.2, 0.25) is 0 Å². The predicted molar refractivity (Wildman–Crippen MR) is 57.4 cm³/mol. The van der Waals surface area contributed by atoms with Gasteiger partial charge in [-0.1, -0.05) is 6.08 Å². The fraction of sp³-hybridized carbons (Fsp3) is 0.500. The molecule has 0 aromatic rings. The van der Waals surface area contributed by atoms with Crippen molar-refractivity contribution in [2.45, 2.75) is 12.8 Å². The Morgan fingerprint density at radius 2 is 1.60 bits per heavy atom. The van der Waals surface area contributed by atoms with Crippen molar-refractivity contribution < 1.29 is 4.57 Å². The number of nitriles is 3. The molecular weight excluding hydrogens is 209 g/mol. The highest BCUT2D eigenvalue weighted by atomic mass is 31.2. The third-order valence-electron chi connectivity index (χ3n) is 1.89. The van der Waals surface area contributed by atoms with Gasteiger partial charge < -0.3 is 4.57 Å². The van der Waals surface area contributed by atoms with Crippen LogP contribution in [0.5, 0.6) is 0 Å². The first-order valence-electron chi connectivity index (χ1n) is 4.54. The maximum absolute atomic E-state index is 12.1. The summed E-state index contributed by atoms with van der Waals surface area (Å²) < 4.78 is 12.1. The Hall–Kier alpha value is -1.56. The van der Waals surface area contributed by atoms with Crippen LogP contribution in [0.25, 0.3) is 0 Å². The Morgan fingerprint density at radius 3 is 2.00 bits per heavy atom. The van der Waals surface area contributed by atoms with Gasteiger partial charge in [0.25, 0.3) is 0 Å². The number of allylic oxidation sites excluding steroid dienone is 2. The van der Waals surface area contributed by atoms with Gasteiger partial charge in [-0.3, -0.25) is 0 Å². The van der Waals surface area contributed by atoms with Gasteiger partial charge in [0, 0.05) is 37.4 Å². The average molecular weight is 221 g/mol. The van der Waals surface area contributed by atoms with E-state index >= 15 is 0 Å². The monoisotopic (exact) mass is 221 g/mol. The van der Waals surface area contributed by atoms with Gasteiger partial charge >= 0.3 is 0 Å². The lowest BCUT2D eigenvalue weighted by Gasteiger charge is -2.12. The highest BCUT2D eigenvalue weighted by Gasteiger charge is 2.19. The molecule has 15 heavy (non-hydrogen) atoms. The molecule has 0 aliphatic carbocycles. The molecule has 0 fully saturated rings. The summed E-state index contributed by atoms with van der Waals surface area (Å²) in [6.45, 7) is 0. The highest BCUT2D eigenvalue weighted by Crippen LogP contribution is 2.46. The lowest BCUT2D eigenvalue weighted by molar-refractivity contribution is 0.576. The van der Waals surface area contributed by atoms with Crippen molar-refractivity contribution in [2.24, 2.45) is 0 Å². The Labute approximate surface area is 89.8 Å². The zero-order valence-electron chi connectivity index (χ0n) is 8.39. The Bertz CT molecular complexity index is 359. The van der Waals surface area contributed by atoms with Crippen molar-refractivity contribution in [2.75, 3.05) is 18.5 Å². The van der Waals surface area contributed by atoms with E-state index in [1.54, 1.807) is 6.08 Å². The molecule has 4 nitrogen and oxygen atoms in total. The van der Waals surface area contributed by atoms with Crippen molar-refractivity contribution in [3.8, 4) is 18.2 Å². The van der Waals surface area contributed by atoms with Gasteiger partial charge in [-0.05, 0) is 0 Å². The quantitative estimate of drug-likeness (QED) is 0.508. The minimum Gasteiger partial charge on any atom is -0.323 e. The third-order valence-corrected chi connectivity index (χ3v) is 4.85. The van der Waals surface area contributed by atoms with Crippen LogP contribution in [0.2, 0.25) is 0 Å².